The summed E-state index contributed by atoms with van der Waals surface area (Å²) in [5.41, 5.74) is 2.13. The van der Waals surface area contributed by atoms with Crippen LogP contribution in [0.3, 0.4) is 0 Å². The van der Waals surface area contributed by atoms with Crippen LogP contribution < -0.4 is 5.32 Å². The summed E-state index contributed by atoms with van der Waals surface area (Å²) in [4.78, 5) is 32.8. The summed E-state index contributed by atoms with van der Waals surface area (Å²) < 4.78 is 20.6. The van der Waals surface area contributed by atoms with Gasteiger partial charge >= 0.3 is 0 Å². The van der Waals surface area contributed by atoms with E-state index in [1.807, 2.05) is 35.7 Å². The molecule has 0 saturated heterocycles. The fraction of sp³-hybridized carbons (Fsp3) is 0.0741. The molecule has 0 unspecified atom stereocenters. The lowest BCUT2D eigenvalue weighted by molar-refractivity contribution is -0.117. The van der Waals surface area contributed by atoms with E-state index in [1.165, 1.54) is 34.6 Å². The number of thiophene rings is 1. The number of nitrogens with zero attached hydrogens (tertiary/aromatic N) is 3. The number of carbonyl (C=O) groups is 2. The molecule has 0 saturated carbocycles. The topological polar surface area (TPSA) is 80.4 Å². The Morgan fingerprint density at radius 1 is 1.00 bits per heavy atom. The third-order valence-electron chi connectivity index (χ3n) is 5.41. The first kappa shape index (κ1) is 23.3. The second kappa shape index (κ2) is 10.4. The van der Waals surface area contributed by atoms with Crippen LogP contribution in [0.1, 0.15) is 15.4 Å². The molecule has 36 heavy (non-hydrogen) atoms. The van der Waals surface area contributed by atoms with Crippen molar-refractivity contribution in [2.45, 2.75) is 6.54 Å². The van der Waals surface area contributed by atoms with Gasteiger partial charge in [-0.3, -0.25) is 19.5 Å². The lowest BCUT2D eigenvalue weighted by Gasteiger charge is -2.20. The Balaban J connectivity index is 1.42. The Morgan fingerprint density at radius 2 is 1.81 bits per heavy atom. The zero-order valence-corrected chi connectivity index (χ0v) is 19.8. The molecule has 5 aromatic rings. The highest BCUT2D eigenvalue weighted by molar-refractivity contribution is 7.12. The normalized spacial score (nSPS) is 10.8. The van der Waals surface area contributed by atoms with Crippen LogP contribution in [0.4, 0.5) is 10.3 Å². The maximum atomic E-state index is 13.5. The molecular weight excluding hydrogens is 479 g/mol. The number of aromatic nitrogens is 2. The van der Waals surface area contributed by atoms with Crippen molar-refractivity contribution in [2.75, 3.05) is 11.9 Å². The number of rotatable bonds is 8. The number of imidazole rings is 1. The second-order valence-corrected chi connectivity index (χ2v) is 8.88. The predicted molar refractivity (Wildman–Crippen MR) is 135 cm³/mol. The summed E-state index contributed by atoms with van der Waals surface area (Å²) in [6.07, 6.45) is 3.30. The van der Waals surface area contributed by atoms with Gasteiger partial charge in [-0.2, -0.15) is 0 Å². The Bertz CT molecular complexity index is 1450. The monoisotopic (exact) mass is 500 g/mol. The van der Waals surface area contributed by atoms with Crippen LogP contribution >= 0.6 is 11.3 Å². The molecule has 0 radical (unpaired) electrons. The molecule has 180 valence electrons. The SMILES string of the molecule is O=C(CN(Cc1ccco1)C(=O)c1cccs1)Nc1nc(-c2ccccc2)cn1-c1ccc(F)cc1. The lowest BCUT2D eigenvalue weighted by Crippen LogP contribution is -2.37. The second-order valence-electron chi connectivity index (χ2n) is 7.93. The molecule has 2 aromatic carbocycles. The van der Waals surface area contributed by atoms with E-state index in [1.54, 1.807) is 47.2 Å². The molecule has 5 rings (SSSR count). The van der Waals surface area contributed by atoms with Crippen LogP contribution in [0.25, 0.3) is 16.9 Å². The number of amides is 2. The van der Waals surface area contributed by atoms with Crippen LogP contribution in [0.5, 0.6) is 0 Å². The van der Waals surface area contributed by atoms with Crippen LogP contribution in [0, 0.1) is 5.82 Å². The van der Waals surface area contributed by atoms with Gasteiger partial charge < -0.3 is 9.32 Å². The van der Waals surface area contributed by atoms with E-state index < -0.39 is 5.91 Å². The Labute approximate surface area is 210 Å². The van der Waals surface area contributed by atoms with E-state index in [2.05, 4.69) is 10.3 Å². The molecule has 3 heterocycles. The van der Waals surface area contributed by atoms with Crippen LogP contribution in [0.2, 0.25) is 0 Å². The van der Waals surface area contributed by atoms with Gasteiger partial charge in [0, 0.05) is 17.4 Å². The van der Waals surface area contributed by atoms with E-state index in [0.29, 0.717) is 22.0 Å². The van der Waals surface area contributed by atoms with Gasteiger partial charge in [0.25, 0.3) is 5.91 Å². The van der Waals surface area contributed by atoms with Gasteiger partial charge in [0.1, 0.15) is 18.1 Å². The molecule has 0 spiro atoms. The number of halogens is 1. The number of benzene rings is 2. The van der Waals surface area contributed by atoms with E-state index in [0.717, 1.165) is 5.56 Å². The fourth-order valence-corrected chi connectivity index (χ4v) is 4.39. The van der Waals surface area contributed by atoms with Gasteiger partial charge in [-0.15, -0.1) is 11.3 Å². The van der Waals surface area contributed by atoms with Crippen molar-refractivity contribution in [3.63, 3.8) is 0 Å². The van der Waals surface area contributed by atoms with E-state index in [9.17, 15) is 14.0 Å². The minimum atomic E-state index is -0.431. The highest BCUT2D eigenvalue weighted by atomic mass is 32.1. The average molecular weight is 501 g/mol. The zero-order chi connectivity index (χ0) is 24.9. The molecule has 0 aliphatic rings. The minimum Gasteiger partial charge on any atom is -0.467 e. The molecule has 0 bridgehead atoms. The Morgan fingerprint density at radius 3 is 2.50 bits per heavy atom. The molecule has 2 amide bonds. The predicted octanol–water partition coefficient (Wildman–Crippen LogP) is 5.61. The highest BCUT2D eigenvalue weighted by Crippen LogP contribution is 2.24. The van der Waals surface area contributed by atoms with Crippen molar-refractivity contribution >= 4 is 29.1 Å². The molecule has 3 aromatic heterocycles. The third-order valence-corrected chi connectivity index (χ3v) is 6.27. The van der Waals surface area contributed by atoms with Gasteiger partial charge in [-0.1, -0.05) is 36.4 Å². The van der Waals surface area contributed by atoms with Crippen molar-refractivity contribution in [3.8, 4) is 16.9 Å². The van der Waals surface area contributed by atoms with Crippen molar-refractivity contribution in [2.24, 2.45) is 0 Å². The van der Waals surface area contributed by atoms with Crippen molar-refractivity contribution in [3.05, 3.63) is 113 Å². The molecule has 9 heteroatoms. The van der Waals surface area contributed by atoms with E-state index in [-0.39, 0.29) is 30.8 Å². The van der Waals surface area contributed by atoms with E-state index in [4.69, 9.17) is 4.42 Å². The van der Waals surface area contributed by atoms with Crippen LogP contribution in [-0.4, -0.2) is 32.8 Å². The summed E-state index contributed by atoms with van der Waals surface area (Å²) in [6, 6.07) is 22.4. The highest BCUT2D eigenvalue weighted by Gasteiger charge is 2.22. The smallest absolute Gasteiger partial charge is 0.264 e. The lowest BCUT2D eigenvalue weighted by atomic mass is 10.2. The third kappa shape index (κ3) is 5.26. The van der Waals surface area contributed by atoms with Crippen molar-refractivity contribution in [1.29, 1.82) is 0 Å². The minimum absolute atomic E-state index is 0.138. The van der Waals surface area contributed by atoms with Crippen LogP contribution in [-0.2, 0) is 11.3 Å². The molecule has 0 aliphatic heterocycles. The number of anilines is 1. The first-order valence-electron chi connectivity index (χ1n) is 11.1. The van der Waals surface area contributed by atoms with Crippen LogP contribution in [0.15, 0.2) is 101 Å². The summed E-state index contributed by atoms with van der Waals surface area (Å²) in [6.45, 7) is -0.0762. The Kier molecular flexibility index (Phi) is 6.72. The standard InChI is InChI=1S/C27H21FN4O3S/c28-20-10-12-21(13-11-20)32-17-23(19-6-2-1-3-7-19)29-27(32)30-25(33)18-31(16-22-8-4-14-35-22)26(34)24-9-5-15-36-24/h1-15,17H,16,18H2,(H,29,30,33). The van der Waals surface area contributed by atoms with Gasteiger partial charge in [-0.05, 0) is 47.8 Å². The number of furan rings is 1. The largest absolute Gasteiger partial charge is 0.467 e. The maximum absolute atomic E-state index is 13.5. The van der Waals surface area contributed by atoms with Gasteiger partial charge in [0.2, 0.25) is 11.9 Å². The maximum Gasteiger partial charge on any atom is 0.264 e. The average Bonchev–Trinajstić information content (AvgIpc) is 3.67. The summed E-state index contributed by atoms with van der Waals surface area (Å²) in [5, 5.41) is 4.63. The molecule has 0 atom stereocenters. The summed E-state index contributed by atoms with van der Waals surface area (Å²) >= 11 is 1.30. The number of hydrogen-bond acceptors (Lipinski definition) is 5. The first-order valence-corrected chi connectivity index (χ1v) is 12.0. The number of nitrogens with one attached hydrogen (secondary N) is 1. The summed E-state index contributed by atoms with van der Waals surface area (Å²) in [5.74, 6) is -0.254. The molecule has 1 N–H and O–H groups in total. The van der Waals surface area contributed by atoms with Gasteiger partial charge in [0.05, 0.1) is 23.4 Å². The van der Waals surface area contributed by atoms with Gasteiger partial charge in [0.15, 0.2) is 0 Å². The quantitative estimate of drug-likeness (QED) is 0.300. The molecular formula is C27H21FN4O3S. The molecule has 0 aliphatic carbocycles. The van der Waals surface area contributed by atoms with Crippen molar-refractivity contribution in [1.82, 2.24) is 14.5 Å². The molecule has 7 nitrogen and oxygen atoms in total. The number of hydrogen-bond donors (Lipinski definition) is 1. The van der Waals surface area contributed by atoms with Gasteiger partial charge in [-0.25, -0.2) is 9.37 Å². The Hall–Kier alpha value is -4.50. The zero-order valence-electron chi connectivity index (χ0n) is 19.0. The van der Waals surface area contributed by atoms with E-state index >= 15 is 0 Å². The molecule has 0 fully saturated rings. The first-order chi connectivity index (χ1) is 17.6. The van der Waals surface area contributed by atoms with Crippen molar-refractivity contribution < 1.29 is 18.4 Å². The number of carbonyl (C=O) groups excluding carboxylic acids is 2. The fourth-order valence-electron chi connectivity index (χ4n) is 3.70. The summed E-state index contributed by atoms with van der Waals surface area (Å²) in [7, 11) is 0.